The van der Waals surface area contributed by atoms with Gasteiger partial charge in [-0.1, -0.05) is 0 Å². The Morgan fingerprint density at radius 1 is 1.27 bits per heavy atom. The minimum atomic E-state index is 0.220. The zero-order chi connectivity index (χ0) is 14.9. The van der Waals surface area contributed by atoms with Crippen molar-refractivity contribution < 1.29 is 4.79 Å². The second-order valence-electron chi connectivity index (χ2n) is 6.07. The monoisotopic (exact) mass is 300 g/mol. The van der Waals surface area contributed by atoms with Crippen molar-refractivity contribution in [3.05, 3.63) is 18.2 Å². The number of fused-ring (bicyclic) bond motifs is 1. The minimum Gasteiger partial charge on any atom is -0.366 e. The van der Waals surface area contributed by atoms with Crippen LogP contribution in [0.3, 0.4) is 0 Å². The lowest BCUT2D eigenvalue weighted by molar-refractivity contribution is -0.129. The lowest BCUT2D eigenvalue weighted by Gasteiger charge is -2.15. The third kappa shape index (κ3) is 2.51. The summed E-state index contributed by atoms with van der Waals surface area (Å²) in [6.45, 7) is 2.39. The highest BCUT2D eigenvalue weighted by atomic mass is 16.2. The van der Waals surface area contributed by atoms with E-state index in [2.05, 4.69) is 20.5 Å². The van der Waals surface area contributed by atoms with Crippen molar-refractivity contribution >= 4 is 17.4 Å². The number of amides is 1. The van der Waals surface area contributed by atoms with Crippen LogP contribution in [0.25, 0.3) is 5.65 Å². The number of aromatic nitrogens is 4. The van der Waals surface area contributed by atoms with Crippen molar-refractivity contribution in [2.75, 3.05) is 25.0 Å². The first-order valence-corrected chi connectivity index (χ1v) is 8.04. The number of rotatable bonds is 5. The molecule has 0 spiro atoms. The molecule has 1 N–H and O–H groups in total. The Balaban J connectivity index is 1.42. The van der Waals surface area contributed by atoms with Crippen LogP contribution in [0.1, 0.15) is 43.8 Å². The maximum atomic E-state index is 12.0. The van der Waals surface area contributed by atoms with Gasteiger partial charge in [-0.05, 0) is 25.7 Å². The molecular weight excluding hydrogens is 280 g/mol. The van der Waals surface area contributed by atoms with Crippen LogP contribution in [0.2, 0.25) is 0 Å². The normalized spacial score (nSPS) is 18.1. The molecule has 2 fully saturated rings. The van der Waals surface area contributed by atoms with E-state index in [-0.39, 0.29) is 5.91 Å². The fourth-order valence-electron chi connectivity index (χ4n) is 3.00. The molecule has 1 amide bonds. The summed E-state index contributed by atoms with van der Waals surface area (Å²) in [5, 5.41) is 11.8. The maximum absolute atomic E-state index is 12.0. The van der Waals surface area contributed by atoms with Crippen molar-refractivity contribution in [3.63, 3.8) is 0 Å². The molecule has 7 nitrogen and oxygen atoms in total. The summed E-state index contributed by atoms with van der Waals surface area (Å²) in [5.74, 6) is 2.49. The van der Waals surface area contributed by atoms with Gasteiger partial charge in [0.1, 0.15) is 5.82 Å². The number of hydrogen-bond acceptors (Lipinski definition) is 5. The molecule has 1 saturated heterocycles. The molecule has 0 aromatic carbocycles. The molecule has 1 aliphatic heterocycles. The standard InChI is InChI=1S/C15H20N6O/c22-12(20-8-1-2-9-20)5-6-16-13-15-19-18-14(11-3-4-11)21(15)10-7-17-13/h7,10-11H,1-6,8-9H2,(H,16,17). The maximum Gasteiger partial charge on any atom is 0.224 e. The van der Waals surface area contributed by atoms with Gasteiger partial charge in [-0.25, -0.2) is 4.98 Å². The van der Waals surface area contributed by atoms with Crippen molar-refractivity contribution in [2.24, 2.45) is 0 Å². The lowest BCUT2D eigenvalue weighted by atomic mass is 10.3. The van der Waals surface area contributed by atoms with Gasteiger partial charge in [-0.3, -0.25) is 9.20 Å². The van der Waals surface area contributed by atoms with Gasteiger partial charge in [-0.15, -0.1) is 10.2 Å². The Morgan fingerprint density at radius 3 is 2.86 bits per heavy atom. The molecule has 3 heterocycles. The van der Waals surface area contributed by atoms with Crippen LogP contribution in [-0.2, 0) is 4.79 Å². The summed E-state index contributed by atoms with van der Waals surface area (Å²) >= 11 is 0. The summed E-state index contributed by atoms with van der Waals surface area (Å²) in [7, 11) is 0. The van der Waals surface area contributed by atoms with Gasteiger partial charge < -0.3 is 10.2 Å². The molecular formula is C15H20N6O. The lowest BCUT2D eigenvalue weighted by Crippen LogP contribution is -2.29. The van der Waals surface area contributed by atoms with Crippen LogP contribution in [0.5, 0.6) is 0 Å². The Hall–Kier alpha value is -2.18. The van der Waals surface area contributed by atoms with E-state index in [0.717, 1.165) is 37.4 Å². The highest BCUT2D eigenvalue weighted by Crippen LogP contribution is 2.39. The third-order valence-corrected chi connectivity index (χ3v) is 4.39. The molecule has 2 aromatic heterocycles. The predicted octanol–water partition coefficient (Wildman–Crippen LogP) is 1.43. The third-order valence-electron chi connectivity index (χ3n) is 4.39. The zero-order valence-corrected chi connectivity index (χ0v) is 12.5. The second kappa shape index (κ2) is 5.55. The number of hydrogen-bond donors (Lipinski definition) is 1. The van der Waals surface area contributed by atoms with Gasteiger partial charge in [0.05, 0.1) is 0 Å². The van der Waals surface area contributed by atoms with E-state index in [1.807, 2.05) is 15.5 Å². The Bertz CT molecular complexity index is 686. The van der Waals surface area contributed by atoms with Crippen molar-refractivity contribution in [3.8, 4) is 0 Å². The molecule has 116 valence electrons. The highest BCUT2D eigenvalue weighted by Gasteiger charge is 2.29. The van der Waals surface area contributed by atoms with Gasteiger partial charge >= 0.3 is 0 Å². The largest absolute Gasteiger partial charge is 0.366 e. The number of nitrogens with zero attached hydrogens (tertiary/aromatic N) is 5. The average Bonchev–Trinajstić information content (AvgIpc) is 3.06. The number of anilines is 1. The number of likely N-dealkylation sites (tertiary alicyclic amines) is 1. The molecule has 4 rings (SSSR count). The van der Waals surface area contributed by atoms with Gasteiger partial charge in [0, 0.05) is 44.4 Å². The van der Waals surface area contributed by atoms with E-state index >= 15 is 0 Å². The second-order valence-corrected chi connectivity index (χ2v) is 6.07. The summed E-state index contributed by atoms with van der Waals surface area (Å²) in [6.07, 6.45) is 8.79. The van der Waals surface area contributed by atoms with Crippen LogP contribution < -0.4 is 5.32 Å². The fraction of sp³-hybridized carbons (Fsp3) is 0.600. The van der Waals surface area contributed by atoms with Crippen LogP contribution in [-0.4, -0.2) is 50.0 Å². The predicted molar refractivity (Wildman–Crippen MR) is 81.7 cm³/mol. The molecule has 0 atom stereocenters. The number of carbonyl (C=O) groups is 1. The van der Waals surface area contributed by atoms with Crippen molar-refractivity contribution in [2.45, 2.75) is 38.0 Å². The molecule has 1 saturated carbocycles. The van der Waals surface area contributed by atoms with E-state index in [4.69, 9.17) is 0 Å². The summed E-state index contributed by atoms with van der Waals surface area (Å²) in [5.41, 5.74) is 0.748. The SMILES string of the molecule is O=C(CCNc1nccn2c(C3CC3)nnc12)N1CCCC1. The molecule has 0 bridgehead atoms. The van der Waals surface area contributed by atoms with Gasteiger partial charge in [0.15, 0.2) is 5.82 Å². The van der Waals surface area contributed by atoms with E-state index in [0.29, 0.717) is 24.7 Å². The summed E-state index contributed by atoms with van der Waals surface area (Å²) in [6, 6.07) is 0. The summed E-state index contributed by atoms with van der Waals surface area (Å²) < 4.78 is 2.01. The first-order chi connectivity index (χ1) is 10.8. The smallest absolute Gasteiger partial charge is 0.224 e. The summed E-state index contributed by atoms with van der Waals surface area (Å²) in [4.78, 5) is 18.3. The Labute approximate surface area is 128 Å². The minimum absolute atomic E-state index is 0.220. The Kier molecular flexibility index (Phi) is 3.40. The first-order valence-electron chi connectivity index (χ1n) is 8.04. The van der Waals surface area contributed by atoms with Crippen LogP contribution >= 0.6 is 0 Å². The van der Waals surface area contributed by atoms with E-state index in [1.54, 1.807) is 6.20 Å². The quantitative estimate of drug-likeness (QED) is 0.904. The molecule has 2 aliphatic rings. The first kappa shape index (κ1) is 13.5. The zero-order valence-electron chi connectivity index (χ0n) is 12.5. The van der Waals surface area contributed by atoms with Crippen LogP contribution in [0.4, 0.5) is 5.82 Å². The molecule has 22 heavy (non-hydrogen) atoms. The highest BCUT2D eigenvalue weighted by molar-refractivity contribution is 5.77. The molecule has 0 radical (unpaired) electrons. The fourth-order valence-corrected chi connectivity index (χ4v) is 3.00. The van der Waals surface area contributed by atoms with Crippen molar-refractivity contribution in [1.82, 2.24) is 24.5 Å². The Morgan fingerprint density at radius 2 is 2.09 bits per heavy atom. The van der Waals surface area contributed by atoms with Gasteiger partial charge in [0.2, 0.25) is 11.6 Å². The van der Waals surface area contributed by atoms with E-state index in [9.17, 15) is 4.79 Å². The molecule has 2 aromatic rings. The van der Waals surface area contributed by atoms with E-state index < -0.39 is 0 Å². The molecule has 7 heteroatoms. The van der Waals surface area contributed by atoms with Gasteiger partial charge in [-0.2, -0.15) is 0 Å². The molecule has 0 unspecified atom stereocenters. The van der Waals surface area contributed by atoms with Crippen molar-refractivity contribution in [1.29, 1.82) is 0 Å². The molecule has 1 aliphatic carbocycles. The topological polar surface area (TPSA) is 75.4 Å². The van der Waals surface area contributed by atoms with Gasteiger partial charge in [0.25, 0.3) is 0 Å². The van der Waals surface area contributed by atoms with Crippen LogP contribution in [0, 0.1) is 0 Å². The number of carbonyl (C=O) groups excluding carboxylic acids is 1. The van der Waals surface area contributed by atoms with E-state index in [1.165, 1.54) is 12.8 Å². The average molecular weight is 300 g/mol. The van der Waals surface area contributed by atoms with Crippen LogP contribution in [0.15, 0.2) is 12.4 Å². The number of nitrogens with one attached hydrogen (secondary N) is 1.